The highest BCUT2D eigenvalue weighted by atomic mass is 35.5. The second-order valence-corrected chi connectivity index (χ2v) is 12.0. The first-order chi connectivity index (χ1) is 18.4. The molecular formula is C29H32ClF2N7. The number of nitrogens with zero attached hydrogens (tertiary/aromatic N) is 3. The Morgan fingerprint density at radius 3 is 2.64 bits per heavy atom. The van der Waals surface area contributed by atoms with Crippen LogP contribution in [0.1, 0.15) is 63.4 Å². The average molecular weight is 552 g/mol. The van der Waals surface area contributed by atoms with Gasteiger partial charge in [-0.1, -0.05) is 44.4 Å². The maximum atomic E-state index is 15.8. The summed E-state index contributed by atoms with van der Waals surface area (Å²) in [6.45, 7) is 10.7. The molecule has 3 aromatic rings. The number of aromatic nitrogens is 2. The molecule has 0 unspecified atom stereocenters. The quantitative estimate of drug-likeness (QED) is 0.155. The van der Waals surface area contributed by atoms with E-state index in [0.717, 1.165) is 23.9 Å². The van der Waals surface area contributed by atoms with E-state index in [0.29, 0.717) is 39.6 Å². The Balaban J connectivity index is 1.61. The van der Waals surface area contributed by atoms with Crippen molar-refractivity contribution in [2.45, 2.75) is 59.0 Å². The van der Waals surface area contributed by atoms with Crippen LogP contribution in [0.3, 0.4) is 0 Å². The van der Waals surface area contributed by atoms with Gasteiger partial charge in [0.2, 0.25) is 11.9 Å². The molecule has 0 spiro atoms. The summed E-state index contributed by atoms with van der Waals surface area (Å²) in [6, 6.07) is 5.76. The zero-order valence-corrected chi connectivity index (χ0v) is 23.4. The maximum absolute atomic E-state index is 15.8. The molecule has 1 atom stereocenters. The van der Waals surface area contributed by atoms with Crippen molar-refractivity contribution < 1.29 is 8.78 Å². The van der Waals surface area contributed by atoms with Crippen molar-refractivity contribution in [1.82, 2.24) is 25.9 Å². The number of nitrogens with one attached hydrogen (secondary N) is 4. The van der Waals surface area contributed by atoms with Crippen LogP contribution in [0.4, 0.5) is 20.2 Å². The summed E-state index contributed by atoms with van der Waals surface area (Å²) in [5, 5.41) is 9.53. The third-order valence-electron chi connectivity index (χ3n) is 7.11. The molecule has 3 heterocycles. The Morgan fingerprint density at radius 2 is 2.00 bits per heavy atom. The monoisotopic (exact) mass is 551 g/mol. The Labute approximate surface area is 232 Å². The summed E-state index contributed by atoms with van der Waals surface area (Å²) in [5.74, 6) is 1.66. The molecule has 0 amide bonds. The predicted octanol–water partition coefficient (Wildman–Crippen LogP) is 6.34. The number of anilines is 2. The van der Waals surface area contributed by atoms with Gasteiger partial charge >= 0.3 is 0 Å². The van der Waals surface area contributed by atoms with Crippen LogP contribution in [0.25, 0.3) is 10.9 Å². The van der Waals surface area contributed by atoms with Crippen molar-refractivity contribution in [1.29, 1.82) is 0 Å². The SMILES string of the molecule is C#Cc1cnc2c(Cl)cc(N[C@H](C3=C(F)N(C4(C)CC4)NN3)c3ccc(F)nc3C)cc2c1NCC(C)(C)C. The molecular weight excluding hydrogens is 520 g/mol. The van der Waals surface area contributed by atoms with Crippen LogP contribution >= 0.6 is 11.6 Å². The van der Waals surface area contributed by atoms with E-state index >= 15 is 4.39 Å². The molecule has 2 aliphatic rings. The van der Waals surface area contributed by atoms with Gasteiger partial charge in [0.15, 0.2) is 0 Å². The number of aryl methyl sites for hydroxylation is 1. The van der Waals surface area contributed by atoms with Crippen molar-refractivity contribution in [3.05, 3.63) is 69.9 Å². The molecule has 0 bridgehead atoms. The van der Waals surface area contributed by atoms with Crippen LogP contribution in [-0.4, -0.2) is 27.1 Å². The summed E-state index contributed by atoms with van der Waals surface area (Å²) >= 11 is 6.71. The lowest BCUT2D eigenvalue weighted by atomic mass is 9.96. The normalized spacial score (nSPS) is 17.2. The van der Waals surface area contributed by atoms with E-state index < -0.39 is 17.9 Å². The second-order valence-electron chi connectivity index (χ2n) is 11.6. The fourth-order valence-electron chi connectivity index (χ4n) is 4.62. The van der Waals surface area contributed by atoms with Crippen LogP contribution in [0.2, 0.25) is 5.02 Å². The average Bonchev–Trinajstić information content (AvgIpc) is 3.49. The van der Waals surface area contributed by atoms with E-state index in [9.17, 15) is 4.39 Å². The first-order valence-electron chi connectivity index (χ1n) is 12.8. The molecule has 0 saturated heterocycles. The van der Waals surface area contributed by atoms with Gasteiger partial charge < -0.3 is 16.1 Å². The van der Waals surface area contributed by atoms with E-state index in [1.54, 1.807) is 25.3 Å². The fraction of sp³-hybridized carbons (Fsp3) is 0.379. The molecule has 204 valence electrons. The fourth-order valence-corrected chi connectivity index (χ4v) is 4.89. The molecule has 39 heavy (non-hydrogen) atoms. The van der Waals surface area contributed by atoms with Crippen LogP contribution in [0, 0.1) is 30.6 Å². The van der Waals surface area contributed by atoms with Gasteiger partial charge in [-0.05, 0) is 50.3 Å². The largest absolute Gasteiger partial charge is 0.383 e. The van der Waals surface area contributed by atoms with Crippen LogP contribution in [0.5, 0.6) is 0 Å². The molecule has 1 fully saturated rings. The summed E-state index contributed by atoms with van der Waals surface area (Å²) in [4.78, 5) is 8.48. The van der Waals surface area contributed by atoms with Gasteiger partial charge in [-0.25, -0.2) is 4.98 Å². The lowest BCUT2D eigenvalue weighted by molar-refractivity contribution is 0.136. The van der Waals surface area contributed by atoms with E-state index in [4.69, 9.17) is 18.0 Å². The Morgan fingerprint density at radius 1 is 1.26 bits per heavy atom. The standard InChI is InChI=1S/C29H32ClF2N7/c1-7-17-14-33-24-20(23(17)34-15-28(3,4)5)12-18(13-21(24)30)36-25(19-8-9-22(31)35-16(19)2)26-27(32)39(38-37-26)29(6)10-11-29/h1,8-9,12-14,25,36-38H,10-11,15H2,2-6H3,(H,33,34)/t25-/m0/s1. The van der Waals surface area contributed by atoms with Gasteiger partial charge in [-0.2, -0.15) is 8.78 Å². The van der Waals surface area contributed by atoms with Gasteiger partial charge in [0.25, 0.3) is 0 Å². The molecule has 1 saturated carbocycles. The molecule has 5 rings (SSSR count). The number of hydrazine groups is 2. The molecule has 1 aliphatic heterocycles. The van der Waals surface area contributed by atoms with Gasteiger partial charge in [-0.3, -0.25) is 9.99 Å². The third kappa shape index (κ3) is 5.32. The predicted molar refractivity (Wildman–Crippen MR) is 152 cm³/mol. The van der Waals surface area contributed by atoms with Crippen molar-refractivity contribution in [3.63, 3.8) is 0 Å². The molecule has 7 nitrogen and oxygen atoms in total. The van der Waals surface area contributed by atoms with Gasteiger partial charge in [-0.15, -0.1) is 12.0 Å². The van der Waals surface area contributed by atoms with Gasteiger partial charge in [0.1, 0.15) is 5.70 Å². The first-order valence-corrected chi connectivity index (χ1v) is 13.2. The molecule has 2 aromatic heterocycles. The number of benzene rings is 1. The van der Waals surface area contributed by atoms with Crippen molar-refractivity contribution in [2.24, 2.45) is 5.41 Å². The number of hydrogen-bond acceptors (Lipinski definition) is 7. The van der Waals surface area contributed by atoms with E-state index in [1.165, 1.54) is 11.1 Å². The van der Waals surface area contributed by atoms with Crippen molar-refractivity contribution in [3.8, 4) is 12.3 Å². The lowest BCUT2D eigenvalue weighted by Gasteiger charge is -2.24. The molecule has 4 N–H and O–H groups in total. The summed E-state index contributed by atoms with van der Waals surface area (Å²) in [5.41, 5.74) is 9.49. The highest BCUT2D eigenvalue weighted by Gasteiger charge is 2.48. The summed E-state index contributed by atoms with van der Waals surface area (Å²) < 4.78 is 29.7. The summed E-state index contributed by atoms with van der Waals surface area (Å²) in [7, 11) is 0. The zero-order valence-electron chi connectivity index (χ0n) is 22.6. The highest BCUT2D eigenvalue weighted by Crippen LogP contribution is 2.45. The number of rotatable bonds is 7. The van der Waals surface area contributed by atoms with Crippen molar-refractivity contribution >= 4 is 33.9 Å². The number of pyridine rings is 2. The first kappa shape index (κ1) is 27.0. The smallest absolute Gasteiger partial charge is 0.228 e. The highest BCUT2D eigenvalue weighted by molar-refractivity contribution is 6.35. The topological polar surface area (TPSA) is 77.1 Å². The second kappa shape index (κ2) is 9.85. The molecule has 1 aliphatic carbocycles. The minimum absolute atomic E-state index is 0.00542. The third-order valence-corrected chi connectivity index (χ3v) is 7.40. The van der Waals surface area contributed by atoms with Crippen LogP contribution in [0.15, 0.2) is 42.1 Å². The van der Waals surface area contributed by atoms with Gasteiger partial charge in [0.05, 0.1) is 33.4 Å². The van der Waals surface area contributed by atoms with Crippen LogP contribution < -0.4 is 21.6 Å². The van der Waals surface area contributed by atoms with Gasteiger partial charge in [0, 0.05) is 35.1 Å². The minimum atomic E-state index is -0.735. The Kier molecular flexibility index (Phi) is 6.81. The number of hydrogen-bond donors (Lipinski definition) is 4. The maximum Gasteiger partial charge on any atom is 0.228 e. The van der Waals surface area contributed by atoms with Crippen LogP contribution in [-0.2, 0) is 0 Å². The molecule has 10 heteroatoms. The number of halogens is 3. The number of fused-ring (bicyclic) bond motifs is 1. The van der Waals surface area contributed by atoms with E-state index in [1.807, 2.05) is 13.0 Å². The molecule has 0 radical (unpaired) electrons. The Bertz CT molecular complexity index is 1520. The van der Waals surface area contributed by atoms with E-state index in [2.05, 4.69) is 58.3 Å². The lowest BCUT2D eigenvalue weighted by Crippen LogP contribution is -2.44. The number of terminal acetylenes is 1. The van der Waals surface area contributed by atoms with E-state index in [-0.39, 0.29) is 16.7 Å². The van der Waals surface area contributed by atoms with Crippen molar-refractivity contribution in [2.75, 3.05) is 17.2 Å². The Hall–Kier alpha value is -3.61. The molecule has 1 aromatic carbocycles. The zero-order chi connectivity index (χ0) is 28.1. The summed E-state index contributed by atoms with van der Waals surface area (Å²) in [6.07, 6.45) is 9.17. The minimum Gasteiger partial charge on any atom is -0.383 e.